The minimum absolute atomic E-state index is 0.120. The minimum Gasteiger partial charge on any atom is -0.409 e. The molecule has 0 unspecified atom stereocenters. The molecule has 3 aromatic rings. The summed E-state index contributed by atoms with van der Waals surface area (Å²) in [6.07, 6.45) is 1.87. The van der Waals surface area contributed by atoms with E-state index in [1.165, 1.54) is 0 Å². The third-order valence-corrected chi connectivity index (χ3v) is 3.62. The van der Waals surface area contributed by atoms with Crippen molar-refractivity contribution in [2.45, 2.75) is 13.5 Å². The van der Waals surface area contributed by atoms with Crippen molar-refractivity contribution in [2.24, 2.45) is 10.9 Å². The lowest BCUT2D eigenvalue weighted by atomic mass is 10.0. The van der Waals surface area contributed by atoms with Crippen LogP contribution >= 0.6 is 0 Å². The van der Waals surface area contributed by atoms with Crippen LogP contribution in [-0.4, -0.2) is 20.8 Å². The van der Waals surface area contributed by atoms with E-state index in [2.05, 4.69) is 16.3 Å². The van der Waals surface area contributed by atoms with E-state index in [-0.39, 0.29) is 5.84 Å². The molecular weight excluding hydrogens is 264 g/mol. The van der Waals surface area contributed by atoms with Gasteiger partial charge in [-0.1, -0.05) is 35.5 Å². The molecule has 0 aliphatic heterocycles. The molecule has 1 aromatic heterocycles. The third kappa shape index (κ3) is 2.45. The molecule has 2 aromatic carbocycles. The summed E-state index contributed by atoms with van der Waals surface area (Å²) < 4.78 is 1.97. The summed E-state index contributed by atoms with van der Waals surface area (Å²) in [4.78, 5) is 0. The lowest BCUT2D eigenvalue weighted by molar-refractivity contribution is 0.318. The maximum absolute atomic E-state index is 8.72. The van der Waals surface area contributed by atoms with Crippen LogP contribution in [0.3, 0.4) is 0 Å². The first-order valence-corrected chi connectivity index (χ1v) is 6.67. The van der Waals surface area contributed by atoms with Gasteiger partial charge >= 0.3 is 0 Å². The van der Waals surface area contributed by atoms with E-state index in [4.69, 9.17) is 10.9 Å². The molecule has 0 aliphatic carbocycles. The lowest BCUT2D eigenvalue weighted by Crippen LogP contribution is -2.13. The largest absolute Gasteiger partial charge is 0.409 e. The van der Waals surface area contributed by atoms with Crippen molar-refractivity contribution < 1.29 is 5.21 Å². The summed E-state index contributed by atoms with van der Waals surface area (Å²) in [6.45, 7) is 2.70. The topological polar surface area (TPSA) is 76.4 Å². The number of benzene rings is 2. The standard InChI is InChI=1S/C16H16N4O/c1-11-8-12(16(17)19-21)6-7-14(11)10-20-15-5-3-2-4-13(15)9-18-20/h2-9,21H,10H2,1H3,(H2,17,19). The summed E-state index contributed by atoms with van der Waals surface area (Å²) in [5.74, 6) is 0.120. The van der Waals surface area contributed by atoms with Crippen molar-refractivity contribution in [1.29, 1.82) is 0 Å². The van der Waals surface area contributed by atoms with Crippen LogP contribution in [0.25, 0.3) is 10.9 Å². The predicted octanol–water partition coefficient (Wildman–Crippen LogP) is 2.49. The van der Waals surface area contributed by atoms with Gasteiger partial charge in [0.05, 0.1) is 18.3 Å². The number of amidine groups is 1. The Bertz CT molecular complexity index is 820. The number of para-hydroxylation sites is 1. The monoisotopic (exact) mass is 280 g/mol. The van der Waals surface area contributed by atoms with Gasteiger partial charge in [0.15, 0.2) is 5.84 Å². The molecule has 0 saturated heterocycles. The van der Waals surface area contributed by atoms with Crippen LogP contribution in [-0.2, 0) is 6.54 Å². The number of nitrogens with two attached hydrogens (primary N) is 1. The summed E-state index contributed by atoms with van der Waals surface area (Å²) in [5, 5.41) is 17.3. The third-order valence-electron chi connectivity index (χ3n) is 3.62. The quantitative estimate of drug-likeness (QED) is 0.335. The van der Waals surface area contributed by atoms with Gasteiger partial charge < -0.3 is 10.9 Å². The second-order valence-corrected chi connectivity index (χ2v) is 4.99. The van der Waals surface area contributed by atoms with E-state index in [0.717, 1.165) is 22.0 Å². The molecule has 0 saturated carbocycles. The summed E-state index contributed by atoms with van der Waals surface area (Å²) in [7, 11) is 0. The first kappa shape index (κ1) is 13.2. The number of aryl methyl sites for hydroxylation is 1. The molecule has 0 fully saturated rings. The Balaban J connectivity index is 1.95. The average Bonchev–Trinajstić information content (AvgIpc) is 2.92. The SMILES string of the molecule is Cc1cc(/C(N)=N/O)ccc1Cn1ncc2ccccc21. The molecule has 5 nitrogen and oxygen atoms in total. The Morgan fingerprint density at radius 1 is 1.29 bits per heavy atom. The zero-order valence-electron chi connectivity index (χ0n) is 11.7. The fourth-order valence-corrected chi connectivity index (χ4v) is 2.40. The molecule has 3 N–H and O–H groups in total. The van der Waals surface area contributed by atoms with Gasteiger partial charge in [0.1, 0.15) is 0 Å². The van der Waals surface area contributed by atoms with Gasteiger partial charge in [-0.25, -0.2) is 0 Å². The number of fused-ring (bicyclic) bond motifs is 1. The normalized spacial score (nSPS) is 12.0. The molecule has 0 amide bonds. The molecule has 5 heteroatoms. The van der Waals surface area contributed by atoms with Crippen LogP contribution < -0.4 is 5.73 Å². The predicted molar refractivity (Wildman–Crippen MR) is 82.5 cm³/mol. The molecule has 21 heavy (non-hydrogen) atoms. The number of hydrogen-bond acceptors (Lipinski definition) is 3. The number of aromatic nitrogens is 2. The average molecular weight is 280 g/mol. The zero-order chi connectivity index (χ0) is 14.8. The van der Waals surface area contributed by atoms with E-state index in [0.29, 0.717) is 12.1 Å². The highest BCUT2D eigenvalue weighted by molar-refractivity contribution is 5.97. The van der Waals surface area contributed by atoms with Crippen molar-refractivity contribution in [3.05, 3.63) is 65.4 Å². The molecular formula is C16H16N4O. The highest BCUT2D eigenvalue weighted by Gasteiger charge is 2.07. The summed E-state index contributed by atoms with van der Waals surface area (Å²) in [5.41, 5.74) is 9.66. The van der Waals surface area contributed by atoms with Crippen LogP contribution in [0.2, 0.25) is 0 Å². The van der Waals surface area contributed by atoms with Crippen molar-refractivity contribution in [2.75, 3.05) is 0 Å². The number of rotatable bonds is 3. The molecule has 3 rings (SSSR count). The summed E-state index contributed by atoms with van der Waals surface area (Å²) in [6, 6.07) is 13.9. The minimum atomic E-state index is 0.120. The Morgan fingerprint density at radius 2 is 2.10 bits per heavy atom. The molecule has 1 heterocycles. The van der Waals surface area contributed by atoms with Crippen molar-refractivity contribution in [3.8, 4) is 0 Å². The van der Waals surface area contributed by atoms with Crippen molar-refractivity contribution >= 4 is 16.7 Å². The molecule has 0 aliphatic rings. The first-order valence-electron chi connectivity index (χ1n) is 6.67. The van der Waals surface area contributed by atoms with E-state index < -0.39 is 0 Å². The van der Waals surface area contributed by atoms with Gasteiger partial charge in [-0.15, -0.1) is 0 Å². The van der Waals surface area contributed by atoms with Crippen LogP contribution in [0, 0.1) is 6.92 Å². The number of hydrogen-bond donors (Lipinski definition) is 2. The smallest absolute Gasteiger partial charge is 0.170 e. The highest BCUT2D eigenvalue weighted by Crippen LogP contribution is 2.17. The maximum Gasteiger partial charge on any atom is 0.170 e. The van der Waals surface area contributed by atoms with Gasteiger partial charge in [-0.05, 0) is 30.2 Å². The number of nitrogens with zero attached hydrogens (tertiary/aromatic N) is 3. The zero-order valence-corrected chi connectivity index (χ0v) is 11.7. The second-order valence-electron chi connectivity index (χ2n) is 4.99. The Kier molecular flexibility index (Phi) is 3.31. The van der Waals surface area contributed by atoms with Gasteiger partial charge in [0, 0.05) is 10.9 Å². The van der Waals surface area contributed by atoms with Crippen molar-refractivity contribution in [1.82, 2.24) is 9.78 Å². The van der Waals surface area contributed by atoms with Gasteiger partial charge in [-0.2, -0.15) is 5.10 Å². The van der Waals surface area contributed by atoms with E-state index in [1.54, 1.807) is 0 Å². The van der Waals surface area contributed by atoms with E-state index in [9.17, 15) is 0 Å². The van der Waals surface area contributed by atoms with Crippen LogP contribution in [0.5, 0.6) is 0 Å². The Labute approximate surface area is 122 Å². The van der Waals surface area contributed by atoms with E-state index in [1.807, 2.05) is 54.2 Å². The number of oxime groups is 1. The maximum atomic E-state index is 8.72. The van der Waals surface area contributed by atoms with E-state index >= 15 is 0 Å². The van der Waals surface area contributed by atoms with Gasteiger partial charge in [0.25, 0.3) is 0 Å². The van der Waals surface area contributed by atoms with Gasteiger partial charge in [-0.3, -0.25) is 4.68 Å². The molecule has 106 valence electrons. The molecule has 0 atom stereocenters. The Hall–Kier alpha value is -2.82. The first-order chi connectivity index (χ1) is 10.2. The van der Waals surface area contributed by atoms with Crippen LogP contribution in [0.4, 0.5) is 0 Å². The fourth-order valence-electron chi connectivity index (χ4n) is 2.40. The van der Waals surface area contributed by atoms with Crippen LogP contribution in [0.1, 0.15) is 16.7 Å². The fraction of sp³-hybridized carbons (Fsp3) is 0.125. The summed E-state index contributed by atoms with van der Waals surface area (Å²) >= 11 is 0. The Morgan fingerprint density at radius 3 is 2.86 bits per heavy atom. The second kappa shape index (κ2) is 5.28. The molecule has 0 spiro atoms. The highest BCUT2D eigenvalue weighted by atomic mass is 16.4. The van der Waals surface area contributed by atoms with Gasteiger partial charge in [0.2, 0.25) is 0 Å². The lowest BCUT2D eigenvalue weighted by Gasteiger charge is -2.09. The van der Waals surface area contributed by atoms with Crippen LogP contribution in [0.15, 0.2) is 53.8 Å². The van der Waals surface area contributed by atoms with Crippen molar-refractivity contribution in [3.63, 3.8) is 0 Å². The molecule has 0 bridgehead atoms. The molecule has 0 radical (unpaired) electrons.